The molecule has 2 saturated heterocycles. The minimum atomic E-state index is -0.447. The Morgan fingerprint density at radius 1 is 0.971 bits per heavy atom. The second-order valence-electron chi connectivity index (χ2n) is 8.16. The lowest BCUT2D eigenvalue weighted by Gasteiger charge is -2.22. The van der Waals surface area contributed by atoms with Gasteiger partial charge >= 0.3 is 0 Å². The van der Waals surface area contributed by atoms with Gasteiger partial charge in [-0.3, -0.25) is 19.3 Å². The van der Waals surface area contributed by atoms with Crippen LogP contribution in [0.2, 0.25) is 0 Å². The van der Waals surface area contributed by atoms with Gasteiger partial charge in [-0.1, -0.05) is 56.8 Å². The van der Waals surface area contributed by atoms with Gasteiger partial charge in [-0.15, -0.1) is 0 Å². The average molecular weight is 608 g/mol. The van der Waals surface area contributed by atoms with Crippen molar-refractivity contribution in [2.45, 2.75) is 32.3 Å². The molecule has 2 aromatic carbocycles. The summed E-state index contributed by atoms with van der Waals surface area (Å²) in [7, 11) is 0. The van der Waals surface area contributed by atoms with E-state index in [-0.39, 0.29) is 17.4 Å². The Bertz CT molecular complexity index is 1110. The summed E-state index contributed by atoms with van der Waals surface area (Å²) in [4.78, 5) is 41.4. The number of rotatable bonds is 6. The SMILES string of the molecule is O=C(CN1C(=O)SC(=Cc2cc(Br)ccc2OCc2ccc(Br)cc2)C1=O)N1CCCCCC1. The number of carbonyl (C=O) groups is 3. The zero-order chi connectivity index (χ0) is 24.1. The predicted octanol–water partition coefficient (Wildman–Crippen LogP) is 6.23. The fourth-order valence-corrected chi connectivity index (χ4v) is 5.31. The number of amides is 3. The highest BCUT2D eigenvalue weighted by molar-refractivity contribution is 9.10. The number of likely N-dealkylation sites (tertiary alicyclic amines) is 1. The van der Waals surface area contributed by atoms with E-state index in [1.165, 1.54) is 0 Å². The van der Waals surface area contributed by atoms with Crippen LogP contribution in [0, 0.1) is 0 Å². The molecule has 178 valence electrons. The Hall–Kier alpha value is -2.10. The highest BCUT2D eigenvalue weighted by atomic mass is 79.9. The Labute approximate surface area is 220 Å². The Kier molecular flexibility index (Phi) is 8.50. The molecule has 6 nitrogen and oxygen atoms in total. The number of halogens is 2. The molecule has 2 aliphatic heterocycles. The van der Waals surface area contributed by atoms with Crippen LogP contribution in [-0.2, 0) is 16.2 Å². The second kappa shape index (κ2) is 11.6. The molecule has 0 atom stereocenters. The first-order chi connectivity index (χ1) is 16.4. The summed E-state index contributed by atoms with van der Waals surface area (Å²) < 4.78 is 7.83. The van der Waals surface area contributed by atoms with Gasteiger partial charge in [0.05, 0.1) is 4.91 Å². The van der Waals surface area contributed by atoms with Crippen molar-refractivity contribution >= 4 is 66.8 Å². The van der Waals surface area contributed by atoms with Gasteiger partial charge in [-0.2, -0.15) is 0 Å². The monoisotopic (exact) mass is 606 g/mol. The third kappa shape index (κ3) is 6.31. The van der Waals surface area contributed by atoms with Crippen LogP contribution >= 0.6 is 43.6 Å². The molecule has 0 aromatic heterocycles. The van der Waals surface area contributed by atoms with Gasteiger partial charge in [0.2, 0.25) is 5.91 Å². The maximum Gasteiger partial charge on any atom is 0.294 e. The summed E-state index contributed by atoms with van der Waals surface area (Å²) in [6, 6.07) is 13.4. The molecule has 9 heteroatoms. The lowest BCUT2D eigenvalue weighted by molar-refractivity contribution is -0.135. The van der Waals surface area contributed by atoms with Crippen molar-refractivity contribution in [3.8, 4) is 5.75 Å². The van der Waals surface area contributed by atoms with Gasteiger partial charge in [-0.25, -0.2) is 0 Å². The molecular formula is C25H24Br2N2O4S. The maximum absolute atomic E-state index is 13.0. The Morgan fingerprint density at radius 3 is 2.35 bits per heavy atom. The number of benzene rings is 2. The van der Waals surface area contributed by atoms with Crippen LogP contribution in [0.1, 0.15) is 36.8 Å². The van der Waals surface area contributed by atoms with Crippen LogP contribution in [0.15, 0.2) is 56.3 Å². The summed E-state index contributed by atoms with van der Waals surface area (Å²) in [5.74, 6) is -0.0259. The molecule has 0 unspecified atom stereocenters. The van der Waals surface area contributed by atoms with E-state index < -0.39 is 11.1 Å². The highest BCUT2D eigenvalue weighted by Crippen LogP contribution is 2.35. The highest BCUT2D eigenvalue weighted by Gasteiger charge is 2.37. The number of hydrogen-bond donors (Lipinski definition) is 0. The molecule has 2 heterocycles. The van der Waals surface area contributed by atoms with Gasteiger partial charge < -0.3 is 9.64 Å². The largest absolute Gasteiger partial charge is 0.488 e. The molecule has 2 aromatic rings. The topological polar surface area (TPSA) is 66.9 Å². The molecular weight excluding hydrogens is 584 g/mol. The van der Waals surface area contributed by atoms with E-state index in [9.17, 15) is 14.4 Å². The predicted molar refractivity (Wildman–Crippen MR) is 140 cm³/mol. The van der Waals surface area contributed by atoms with E-state index >= 15 is 0 Å². The number of hydrogen-bond acceptors (Lipinski definition) is 5. The molecule has 0 spiro atoms. The molecule has 0 bridgehead atoms. The van der Waals surface area contributed by atoms with Crippen LogP contribution in [-0.4, -0.2) is 46.5 Å². The number of thioether (sulfide) groups is 1. The van der Waals surface area contributed by atoms with Crippen LogP contribution < -0.4 is 4.74 Å². The first-order valence-electron chi connectivity index (χ1n) is 11.1. The smallest absolute Gasteiger partial charge is 0.294 e. The number of carbonyl (C=O) groups excluding carboxylic acids is 3. The molecule has 0 radical (unpaired) electrons. The van der Waals surface area contributed by atoms with E-state index in [0.29, 0.717) is 31.0 Å². The molecule has 3 amide bonds. The zero-order valence-electron chi connectivity index (χ0n) is 18.5. The quantitative estimate of drug-likeness (QED) is 0.364. The van der Waals surface area contributed by atoms with Crippen molar-refractivity contribution in [3.05, 3.63) is 67.4 Å². The molecule has 4 rings (SSSR count). The Morgan fingerprint density at radius 2 is 1.65 bits per heavy atom. The summed E-state index contributed by atoms with van der Waals surface area (Å²) >= 11 is 7.74. The third-order valence-corrected chi connectivity index (χ3v) is 7.62. The second-order valence-corrected chi connectivity index (χ2v) is 11.0. The summed E-state index contributed by atoms with van der Waals surface area (Å²) in [5, 5.41) is -0.424. The summed E-state index contributed by atoms with van der Waals surface area (Å²) in [6.45, 7) is 1.51. The maximum atomic E-state index is 13.0. The minimum absolute atomic E-state index is 0.175. The van der Waals surface area contributed by atoms with Crippen LogP contribution in [0.3, 0.4) is 0 Å². The van der Waals surface area contributed by atoms with E-state index in [1.54, 1.807) is 11.0 Å². The van der Waals surface area contributed by atoms with Gasteiger partial charge in [0.1, 0.15) is 18.9 Å². The first-order valence-corrected chi connectivity index (χ1v) is 13.5. The van der Waals surface area contributed by atoms with Crippen molar-refractivity contribution in [2.24, 2.45) is 0 Å². The van der Waals surface area contributed by atoms with Crippen molar-refractivity contribution in [3.63, 3.8) is 0 Å². The standard InChI is InChI=1S/C25H24Br2N2O4S/c26-19-7-5-17(6-8-19)16-33-21-10-9-20(27)13-18(21)14-22-24(31)29(25(32)34-22)15-23(30)28-11-3-1-2-4-12-28/h5-10,13-14H,1-4,11-12,15-16H2. The first kappa shape index (κ1) is 25.0. The van der Waals surface area contributed by atoms with Crippen molar-refractivity contribution in [1.82, 2.24) is 9.80 Å². The van der Waals surface area contributed by atoms with Crippen LogP contribution in [0.4, 0.5) is 4.79 Å². The van der Waals surface area contributed by atoms with Gasteiger partial charge in [0.15, 0.2) is 0 Å². The lowest BCUT2D eigenvalue weighted by atomic mass is 10.1. The van der Waals surface area contributed by atoms with Crippen molar-refractivity contribution in [1.29, 1.82) is 0 Å². The van der Waals surface area contributed by atoms with Crippen molar-refractivity contribution in [2.75, 3.05) is 19.6 Å². The van der Waals surface area contributed by atoms with Crippen molar-refractivity contribution < 1.29 is 19.1 Å². The van der Waals surface area contributed by atoms with Crippen LogP contribution in [0.5, 0.6) is 5.75 Å². The number of imide groups is 1. The number of ether oxygens (including phenoxy) is 1. The Balaban J connectivity index is 1.48. The summed E-state index contributed by atoms with van der Waals surface area (Å²) in [5.41, 5.74) is 1.68. The molecule has 2 fully saturated rings. The van der Waals surface area contributed by atoms with Gasteiger partial charge in [0, 0.05) is 27.6 Å². The minimum Gasteiger partial charge on any atom is -0.488 e. The fraction of sp³-hybridized carbons (Fsp3) is 0.320. The average Bonchev–Trinajstić information content (AvgIpc) is 3.01. The molecule has 2 aliphatic rings. The third-order valence-electron chi connectivity index (χ3n) is 5.69. The zero-order valence-corrected chi connectivity index (χ0v) is 22.5. The fourth-order valence-electron chi connectivity index (χ4n) is 3.84. The van der Waals surface area contributed by atoms with E-state index in [0.717, 1.165) is 56.9 Å². The molecule has 0 N–H and O–H groups in total. The van der Waals surface area contributed by atoms with Crippen LogP contribution in [0.25, 0.3) is 6.08 Å². The molecule has 34 heavy (non-hydrogen) atoms. The van der Waals surface area contributed by atoms with Gasteiger partial charge in [0.25, 0.3) is 11.1 Å². The van der Waals surface area contributed by atoms with E-state index in [1.807, 2.05) is 42.5 Å². The summed E-state index contributed by atoms with van der Waals surface area (Å²) in [6.07, 6.45) is 5.78. The number of nitrogens with zero attached hydrogens (tertiary/aromatic N) is 2. The lowest BCUT2D eigenvalue weighted by Crippen LogP contribution is -2.42. The molecule has 0 saturated carbocycles. The van der Waals surface area contributed by atoms with E-state index in [2.05, 4.69) is 31.9 Å². The normalized spacial score (nSPS) is 17.9. The van der Waals surface area contributed by atoms with E-state index in [4.69, 9.17) is 4.74 Å². The van der Waals surface area contributed by atoms with Gasteiger partial charge in [-0.05, 0) is 66.6 Å². The molecule has 0 aliphatic carbocycles.